The molecule has 1 heterocycles. The van der Waals surface area contributed by atoms with Gasteiger partial charge in [-0.2, -0.15) is 0 Å². The summed E-state index contributed by atoms with van der Waals surface area (Å²) < 4.78 is 1.54. The van der Waals surface area contributed by atoms with E-state index in [0.29, 0.717) is 20.4 Å². The van der Waals surface area contributed by atoms with Crippen molar-refractivity contribution >= 4 is 19.4 Å². The van der Waals surface area contributed by atoms with Crippen molar-refractivity contribution in [1.82, 2.24) is 4.90 Å². The summed E-state index contributed by atoms with van der Waals surface area (Å²) in [6, 6.07) is 22.1. The van der Waals surface area contributed by atoms with Crippen molar-refractivity contribution in [1.29, 1.82) is 0 Å². The quantitative estimate of drug-likeness (QED) is 0.716. The average molecular weight is 358 g/mol. The molecule has 1 saturated heterocycles. The van der Waals surface area contributed by atoms with Gasteiger partial charge in [-0.15, -0.1) is 0 Å². The van der Waals surface area contributed by atoms with Crippen LogP contribution in [0.4, 0.5) is 0 Å². The van der Waals surface area contributed by atoms with Gasteiger partial charge in [0.1, 0.15) is 0 Å². The Bertz CT molecular complexity index is 569. The summed E-state index contributed by atoms with van der Waals surface area (Å²) in [6.07, 6.45) is 3.95. The molecule has 0 amide bonds. The zero-order valence-electron chi connectivity index (χ0n) is 13.4. The zero-order chi connectivity index (χ0) is 15.3. The van der Waals surface area contributed by atoms with Gasteiger partial charge in [0.15, 0.2) is 0 Å². The van der Waals surface area contributed by atoms with E-state index in [1.807, 2.05) is 0 Å². The Morgan fingerprint density at radius 3 is 2.32 bits per heavy atom. The van der Waals surface area contributed by atoms with Crippen LogP contribution in [0.15, 0.2) is 60.7 Å². The van der Waals surface area contributed by atoms with Crippen molar-refractivity contribution in [2.45, 2.75) is 24.6 Å². The molecule has 2 heteroatoms. The minimum absolute atomic E-state index is 0.493. The first-order valence-corrected chi connectivity index (χ1v) is 10.2. The van der Waals surface area contributed by atoms with Crippen molar-refractivity contribution in [2.75, 3.05) is 20.1 Å². The van der Waals surface area contributed by atoms with E-state index in [4.69, 9.17) is 0 Å². The molecule has 1 atom stereocenters. The second-order valence-corrected chi connectivity index (χ2v) is 9.01. The van der Waals surface area contributed by atoms with Gasteiger partial charge in [-0.25, -0.2) is 0 Å². The van der Waals surface area contributed by atoms with Crippen molar-refractivity contribution in [3.63, 3.8) is 0 Å². The van der Waals surface area contributed by atoms with Gasteiger partial charge in [0.05, 0.1) is 0 Å². The second kappa shape index (κ2) is 7.46. The predicted molar refractivity (Wildman–Crippen MR) is 95.9 cm³/mol. The zero-order valence-corrected chi connectivity index (χ0v) is 15.1. The number of hydrogen-bond acceptors (Lipinski definition) is 1. The van der Waals surface area contributed by atoms with Gasteiger partial charge in [-0.3, -0.25) is 0 Å². The first kappa shape index (κ1) is 15.8. The molecule has 1 aliphatic heterocycles. The van der Waals surface area contributed by atoms with Crippen LogP contribution in [0, 0.1) is 5.41 Å². The van der Waals surface area contributed by atoms with Gasteiger partial charge in [-0.05, 0) is 0 Å². The summed E-state index contributed by atoms with van der Waals surface area (Å²) in [5.41, 5.74) is 2.00. The molecule has 0 aromatic heterocycles. The van der Waals surface area contributed by atoms with Gasteiger partial charge in [0, 0.05) is 0 Å². The molecule has 0 aliphatic carbocycles. The first-order valence-electron chi connectivity index (χ1n) is 8.16. The van der Waals surface area contributed by atoms with E-state index in [1.54, 1.807) is 0 Å². The normalized spacial score (nSPS) is 22.0. The van der Waals surface area contributed by atoms with E-state index in [2.05, 4.69) is 72.6 Å². The number of rotatable bonds is 6. The number of nitrogens with zero attached hydrogens (tertiary/aromatic N) is 1. The van der Waals surface area contributed by atoms with Crippen LogP contribution >= 0.6 is 0 Å². The van der Waals surface area contributed by atoms with Gasteiger partial charge < -0.3 is 0 Å². The van der Waals surface area contributed by atoms with Crippen LogP contribution in [0.3, 0.4) is 0 Å². The Morgan fingerprint density at radius 2 is 1.68 bits per heavy atom. The van der Waals surface area contributed by atoms with Crippen LogP contribution in [-0.4, -0.2) is 40.0 Å². The topological polar surface area (TPSA) is 3.24 Å². The van der Waals surface area contributed by atoms with Gasteiger partial charge >= 0.3 is 141 Å². The maximum atomic E-state index is 2.51. The van der Waals surface area contributed by atoms with Crippen LogP contribution in [0.2, 0.25) is 5.32 Å². The molecule has 116 valence electrons. The fourth-order valence-corrected chi connectivity index (χ4v) is 5.88. The summed E-state index contributed by atoms with van der Waals surface area (Å²) in [5, 5.41) is 1.36. The fourth-order valence-electron chi connectivity index (χ4n) is 3.53. The van der Waals surface area contributed by atoms with E-state index < -0.39 is 0 Å². The molecular formula is C20H25NSe. The standard InChI is InChI=1S/C20H25NSe/c1-21-14-12-20(17-21,16-18-8-4-2-5-9-18)13-15-22-19-10-6-3-7-11-19/h2-11H,12-17H2,1H3. The van der Waals surface area contributed by atoms with Gasteiger partial charge in [-0.1, -0.05) is 0 Å². The Labute approximate surface area is 140 Å². The fraction of sp³-hybridized carbons (Fsp3) is 0.400. The van der Waals surface area contributed by atoms with E-state index in [0.717, 1.165) is 0 Å². The first-order chi connectivity index (χ1) is 10.8. The van der Waals surface area contributed by atoms with Crippen LogP contribution in [0.1, 0.15) is 18.4 Å². The number of hydrogen-bond donors (Lipinski definition) is 0. The summed E-state index contributed by atoms with van der Waals surface area (Å²) in [7, 11) is 2.27. The van der Waals surface area contributed by atoms with E-state index >= 15 is 0 Å². The molecular weight excluding hydrogens is 333 g/mol. The van der Waals surface area contributed by atoms with Crippen LogP contribution in [0.5, 0.6) is 0 Å². The van der Waals surface area contributed by atoms with E-state index in [9.17, 15) is 0 Å². The molecule has 0 bridgehead atoms. The summed E-state index contributed by atoms with van der Waals surface area (Å²) >= 11 is 0.617. The number of benzene rings is 2. The van der Waals surface area contributed by atoms with Crippen molar-refractivity contribution < 1.29 is 0 Å². The third-order valence-electron chi connectivity index (χ3n) is 4.70. The van der Waals surface area contributed by atoms with Gasteiger partial charge in [0.2, 0.25) is 0 Å². The predicted octanol–water partition coefficient (Wildman–Crippen LogP) is 3.39. The molecule has 1 fully saturated rings. The monoisotopic (exact) mass is 359 g/mol. The Hall–Kier alpha value is -1.08. The molecule has 2 aromatic carbocycles. The number of likely N-dealkylation sites (tertiary alicyclic amines) is 1. The maximum absolute atomic E-state index is 2.51. The van der Waals surface area contributed by atoms with E-state index in [-0.39, 0.29) is 0 Å². The molecule has 1 unspecified atom stereocenters. The minimum atomic E-state index is 0.493. The molecule has 0 saturated carbocycles. The third-order valence-corrected chi connectivity index (χ3v) is 6.82. The van der Waals surface area contributed by atoms with Gasteiger partial charge in [0.25, 0.3) is 0 Å². The van der Waals surface area contributed by atoms with Crippen molar-refractivity contribution in [2.24, 2.45) is 5.41 Å². The Morgan fingerprint density at radius 1 is 1.00 bits per heavy atom. The summed E-state index contributed by atoms with van der Waals surface area (Å²) in [5.74, 6) is 0. The molecule has 2 aromatic rings. The summed E-state index contributed by atoms with van der Waals surface area (Å²) in [4.78, 5) is 2.51. The van der Waals surface area contributed by atoms with Crippen LogP contribution < -0.4 is 4.46 Å². The van der Waals surface area contributed by atoms with Crippen molar-refractivity contribution in [3.8, 4) is 0 Å². The van der Waals surface area contributed by atoms with Crippen LogP contribution in [-0.2, 0) is 6.42 Å². The molecule has 1 aliphatic rings. The van der Waals surface area contributed by atoms with Crippen LogP contribution in [0.25, 0.3) is 0 Å². The molecule has 3 rings (SSSR count). The average Bonchev–Trinajstić information content (AvgIpc) is 2.90. The SMILES string of the molecule is CN1CCC(CC[Se]c2ccccc2)(Cc2ccccc2)C1. The third kappa shape index (κ3) is 4.23. The Balaban J connectivity index is 1.62. The molecule has 0 N–H and O–H groups in total. The molecule has 0 radical (unpaired) electrons. The molecule has 0 spiro atoms. The second-order valence-electron chi connectivity index (χ2n) is 6.56. The molecule has 22 heavy (non-hydrogen) atoms. The Kier molecular flexibility index (Phi) is 5.36. The van der Waals surface area contributed by atoms with Crippen molar-refractivity contribution in [3.05, 3.63) is 66.2 Å². The molecule has 1 nitrogen and oxygen atoms in total. The summed E-state index contributed by atoms with van der Waals surface area (Å²) in [6.45, 7) is 2.51. The van der Waals surface area contributed by atoms with E-state index in [1.165, 1.54) is 47.7 Å².